The molecule has 1 unspecified atom stereocenters. The maximum Gasteiger partial charge on any atom is 1.00 e. The van der Waals surface area contributed by atoms with Crippen molar-refractivity contribution in [2.24, 2.45) is 0 Å². The summed E-state index contributed by atoms with van der Waals surface area (Å²) >= 11 is 0.981. The zero-order chi connectivity index (χ0) is 36.5. The number of phenolic OH excluding ortho intramolecular Hbond substituents is 2. The van der Waals surface area contributed by atoms with E-state index in [9.17, 15) is 54.0 Å². The number of methoxy groups -OCH3 is 1. The molecule has 3 aromatic rings. The van der Waals surface area contributed by atoms with Crippen LogP contribution in [0, 0.1) is 0 Å². The number of phenols is 2. The second-order valence-electron chi connectivity index (χ2n) is 10.7. The largest absolute Gasteiger partial charge is 1.00 e. The Morgan fingerprint density at radius 3 is 2.33 bits per heavy atom. The van der Waals surface area contributed by atoms with Gasteiger partial charge in [0.2, 0.25) is 11.3 Å². The summed E-state index contributed by atoms with van der Waals surface area (Å²) in [6.07, 6.45) is 0.770. The van der Waals surface area contributed by atoms with Crippen LogP contribution >= 0.6 is 11.8 Å². The number of hydrogen-bond donors (Lipinski definition) is 4. The van der Waals surface area contributed by atoms with Gasteiger partial charge < -0.3 is 59.3 Å². The van der Waals surface area contributed by atoms with Crippen molar-refractivity contribution in [2.45, 2.75) is 24.1 Å². The van der Waals surface area contributed by atoms with Crippen LogP contribution in [0.5, 0.6) is 17.2 Å². The number of rotatable bonds is 12. The van der Waals surface area contributed by atoms with Gasteiger partial charge in [-0.1, -0.05) is 12.1 Å². The fourth-order valence-corrected chi connectivity index (χ4v) is 6.62. The van der Waals surface area contributed by atoms with E-state index in [0.717, 1.165) is 49.1 Å². The molecule has 3 amide bonds. The summed E-state index contributed by atoms with van der Waals surface area (Å²) in [7, 11) is 1.08. The third-order valence-electron chi connectivity index (χ3n) is 7.61. The molecule has 0 saturated carbocycles. The minimum absolute atomic E-state index is 0. The summed E-state index contributed by atoms with van der Waals surface area (Å²) in [5.74, 6) is -8.47. The van der Waals surface area contributed by atoms with Crippen molar-refractivity contribution in [3.05, 3.63) is 75.3 Å². The minimum atomic E-state index is -2.17. The molecule has 262 valence electrons. The number of carbonyl (C=O) groups excluding carboxylic acids is 6. The summed E-state index contributed by atoms with van der Waals surface area (Å²) in [5, 5.41) is 45.8. The van der Waals surface area contributed by atoms with Gasteiger partial charge in [0.15, 0.2) is 11.5 Å². The second-order valence-corrected chi connectivity index (χ2v) is 11.8. The Hall–Kier alpha value is -4.08. The monoisotopic (exact) mass is 757 g/mol. The Morgan fingerprint density at radius 2 is 1.73 bits per heavy atom. The van der Waals surface area contributed by atoms with Crippen LogP contribution in [0.15, 0.2) is 63.1 Å². The quantitative estimate of drug-likeness (QED) is 0.0439. The molecule has 1 aromatic heterocycles. The van der Waals surface area contributed by atoms with Crippen LogP contribution in [0.3, 0.4) is 0 Å². The van der Waals surface area contributed by atoms with Gasteiger partial charge in [-0.15, -0.1) is 11.8 Å². The summed E-state index contributed by atoms with van der Waals surface area (Å²) in [6, 6.07) is 5.24. The van der Waals surface area contributed by atoms with E-state index in [1.807, 2.05) is 0 Å². The zero-order valence-electron chi connectivity index (χ0n) is 27.9. The van der Waals surface area contributed by atoms with Crippen LogP contribution in [0.25, 0.3) is 11.0 Å². The second kappa shape index (κ2) is 17.2. The van der Waals surface area contributed by atoms with E-state index >= 15 is 0 Å². The predicted molar refractivity (Wildman–Crippen MR) is 163 cm³/mol. The molecule has 5 rings (SSSR count). The molecule has 0 bridgehead atoms. The number of carboxylic acids is 2. The minimum Gasteiger partial charge on any atom is -0.546 e. The van der Waals surface area contributed by atoms with Gasteiger partial charge in [-0.25, -0.2) is 0 Å². The van der Waals surface area contributed by atoms with E-state index in [4.69, 9.17) is 18.6 Å². The van der Waals surface area contributed by atoms with Crippen molar-refractivity contribution < 1.29 is 127 Å². The first-order chi connectivity index (χ1) is 23.7. The van der Waals surface area contributed by atoms with Crippen molar-refractivity contribution in [3.63, 3.8) is 0 Å². The van der Waals surface area contributed by atoms with Crippen LogP contribution in [-0.2, 0) is 33.4 Å². The first kappa shape index (κ1) is 42.3. The van der Waals surface area contributed by atoms with Crippen LogP contribution in [0.1, 0.15) is 28.9 Å². The van der Waals surface area contributed by atoms with E-state index in [-0.39, 0.29) is 92.7 Å². The number of amides is 3. The molecule has 1 fully saturated rings. The van der Waals surface area contributed by atoms with Gasteiger partial charge in [0.05, 0.1) is 23.0 Å². The topological polar surface area (TPSA) is 274 Å². The van der Waals surface area contributed by atoms with E-state index in [1.165, 1.54) is 24.3 Å². The standard InChI is InChI=1S/C31H27N3O15S.2Na/c1-13(35)47-9-15-12-50-30-31(46-2,29(45)34(30)24(15)28(43)44)33-27(42)23(14-3-5-16(6-4-14)48-11-22(38)39)32-26(41)18-10-49-21-8-20(37)19(36)7-17(21)25(18)40;;/h3-8,10,23,30,36-37H,9,11-12H2,1-2H3,(H,32,41)(H,33,42)(H,38,39)(H,43,44);;/q;2*+1/p-2/t23?,30-,31-;;/m0../s1. The number of carbonyl (C=O) groups is 6. The normalized spacial score (nSPS) is 18.1. The number of ether oxygens (including phenoxy) is 3. The molecular formula is C31H25N3Na2O15S. The summed E-state index contributed by atoms with van der Waals surface area (Å²) < 4.78 is 20.7. The number of esters is 1. The van der Waals surface area contributed by atoms with Gasteiger partial charge in [0, 0.05) is 31.4 Å². The molecule has 4 N–H and O–H groups in total. The van der Waals surface area contributed by atoms with E-state index in [1.54, 1.807) is 0 Å². The number of hydrogen-bond acceptors (Lipinski definition) is 16. The average Bonchev–Trinajstić information content (AvgIpc) is 3.08. The maximum atomic E-state index is 14.0. The average molecular weight is 758 g/mol. The Labute approximate surface area is 341 Å². The van der Waals surface area contributed by atoms with Crippen LogP contribution in [0.2, 0.25) is 0 Å². The van der Waals surface area contributed by atoms with Gasteiger partial charge in [0.25, 0.3) is 17.5 Å². The zero-order valence-corrected chi connectivity index (χ0v) is 32.7. The number of nitrogens with zero attached hydrogens (tertiary/aromatic N) is 1. The third-order valence-corrected chi connectivity index (χ3v) is 8.98. The van der Waals surface area contributed by atoms with Crippen LogP contribution < -0.4 is 90.1 Å². The van der Waals surface area contributed by atoms with Crippen molar-refractivity contribution in [3.8, 4) is 17.2 Å². The van der Waals surface area contributed by atoms with Crippen molar-refractivity contribution in [1.82, 2.24) is 15.5 Å². The van der Waals surface area contributed by atoms with Crippen molar-refractivity contribution in [1.29, 1.82) is 0 Å². The summed E-state index contributed by atoms with van der Waals surface area (Å²) in [5.41, 5.74) is -4.35. The van der Waals surface area contributed by atoms with Gasteiger partial charge in [-0.3, -0.25) is 28.9 Å². The molecule has 3 heterocycles. The number of β-lactam (4-membered cyclic amide) rings is 1. The molecule has 2 aliphatic heterocycles. The number of benzene rings is 2. The first-order valence-electron chi connectivity index (χ1n) is 14.3. The Bertz CT molecular complexity index is 2040. The molecule has 21 heteroatoms. The van der Waals surface area contributed by atoms with Crippen LogP contribution in [-0.4, -0.2) is 87.9 Å². The molecule has 3 atom stereocenters. The molecule has 2 aromatic carbocycles. The predicted octanol–water partition coefficient (Wildman–Crippen LogP) is -8.25. The smallest absolute Gasteiger partial charge is 0.546 e. The molecular weight excluding hydrogens is 732 g/mol. The number of aromatic hydroxyl groups is 2. The fourth-order valence-electron chi connectivity index (χ4n) is 5.20. The molecule has 18 nitrogen and oxygen atoms in total. The third kappa shape index (κ3) is 8.26. The van der Waals surface area contributed by atoms with Gasteiger partial charge in [-0.2, -0.15) is 0 Å². The number of aliphatic carboxylic acids is 2. The molecule has 52 heavy (non-hydrogen) atoms. The number of thioether (sulfide) groups is 1. The molecule has 0 aliphatic carbocycles. The molecule has 0 radical (unpaired) electrons. The van der Waals surface area contributed by atoms with E-state index < -0.39 is 94.2 Å². The number of fused-ring (bicyclic) bond motifs is 2. The van der Waals surface area contributed by atoms with Gasteiger partial charge >= 0.3 is 65.1 Å². The summed E-state index contributed by atoms with van der Waals surface area (Å²) in [6.45, 7) is -0.108. The van der Waals surface area contributed by atoms with Gasteiger partial charge in [-0.05, 0) is 23.8 Å². The Morgan fingerprint density at radius 1 is 1.08 bits per heavy atom. The van der Waals surface area contributed by atoms with Crippen LogP contribution in [0.4, 0.5) is 0 Å². The summed E-state index contributed by atoms with van der Waals surface area (Å²) in [4.78, 5) is 89.2. The Balaban J connectivity index is 0.00000364. The molecule has 1 saturated heterocycles. The fraction of sp³-hybridized carbons (Fsp3) is 0.258. The van der Waals surface area contributed by atoms with E-state index in [2.05, 4.69) is 10.6 Å². The maximum absolute atomic E-state index is 14.0. The molecule has 0 spiro atoms. The Kier molecular flexibility index (Phi) is 14.0. The first-order valence-corrected chi connectivity index (χ1v) is 15.3. The molecule has 2 aliphatic rings. The van der Waals surface area contributed by atoms with Crippen molar-refractivity contribution in [2.75, 3.05) is 26.1 Å². The number of carboxylic acid groups (broad SMARTS) is 2. The van der Waals surface area contributed by atoms with E-state index in [0.29, 0.717) is 0 Å². The number of nitrogens with one attached hydrogen (secondary N) is 2. The SMILES string of the molecule is CO[C@@]1(NC(=O)C(NC(=O)c2coc3cc(O)c(O)cc3c2=O)c2ccc(OCC(=O)[O-])cc2)C(=O)N2C(C(=O)[O-])=C(COC(C)=O)CS[C@H]21.[Na+].[Na+]. The van der Waals surface area contributed by atoms with Crippen molar-refractivity contribution >= 4 is 58.4 Å². The van der Waals surface area contributed by atoms with Gasteiger partial charge in [0.1, 0.15) is 47.8 Å².